The van der Waals surface area contributed by atoms with Crippen LogP contribution in [0.25, 0.3) is 0 Å². The Morgan fingerprint density at radius 1 is 0.964 bits per heavy atom. The molecule has 1 fully saturated rings. The molecular weight excluding hydrogens is 378 g/mol. The van der Waals surface area contributed by atoms with Crippen LogP contribution in [0.4, 0.5) is 5.69 Å². The van der Waals surface area contributed by atoms with Crippen molar-refractivity contribution in [3.8, 4) is 0 Å². The van der Waals surface area contributed by atoms with Crippen molar-refractivity contribution in [1.29, 1.82) is 0 Å². The van der Waals surface area contributed by atoms with Crippen LogP contribution in [0.2, 0.25) is 5.02 Å². The second kappa shape index (κ2) is 8.44. The van der Waals surface area contributed by atoms with Crippen LogP contribution in [0.3, 0.4) is 0 Å². The quantitative estimate of drug-likeness (QED) is 0.786. The van der Waals surface area contributed by atoms with Crippen molar-refractivity contribution >= 4 is 35.0 Å². The Bertz CT molecular complexity index is 891. The van der Waals surface area contributed by atoms with Crippen LogP contribution in [-0.4, -0.2) is 47.2 Å². The van der Waals surface area contributed by atoms with Gasteiger partial charge in [-0.25, -0.2) is 0 Å². The summed E-state index contributed by atoms with van der Waals surface area (Å²) < 4.78 is 0. The first-order valence-corrected chi connectivity index (χ1v) is 9.40. The monoisotopic (exact) mass is 399 g/mol. The lowest BCUT2D eigenvalue weighted by Gasteiger charge is -2.33. The Labute approximate surface area is 169 Å². The molecule has 0 unspecified atom stereocenters. The number of nitrogens with one attached hydrogen (secondary N) is 1. The number of anilines is 1. The van der Waals surface area contributed by atoms with Gasteiger partial charge in [0.2, 0.25) is 5.91 Å². The van der Waals surface area contributed by atoms with Gasteiger partial charge < -0.3 is 15.1 Å². The summed E-state index contributed by atoms with van der Waals surface area (Å²) in [6.45, 7) is 4.79. The van der Waals surface area contributed by atoms with E-state index in [1.807, 2.05) is 44.2 Å². The lowest BCUT2D eigenvalue weighted by Crippen LogP contribution is -2.55. The minimum atomic E-state index is -0.657. The number of piperazine rings is 1. The molecule has 1 saturated heterocycles. The third-order valence-corrected chi connectivity index (χ3v) is 4.78. The minimum absolute atomic E-state index is 0.146. The molecule has 0 aromatic heterocycles. The number of rotatable bonds is 5. The molecule has 0 aliphatic carbocycles. The zero-order valence-electron chi connectivity index (χ0n) is 15.9. The van der Waals surface area contributed by atoms with E-state index in [9.17, 15) is 14.4 Å². The maximum Gasteiger partial charge on any atom is 0.312 e. The van der Waals surface area contributed by atoms with Crippen molar-refractivity contribution in [3.05, 3.63) is 64.2 Å². The van der Waals surface area contributed by atoms with Crippen molar-refractivity contribution in [3.63, 3.8) is 0 Å². The van der Waals surface area contributed by atoms with Gasteiger partial charge in [-0.1, -0.05) is 29.8 Å². The summed E-state index contributed by atoms with van der Waals surface area (Å²) in [5, 5.41) is 3.41. The van der Waals surface area contributed by atoms with E-state index in [-0.39, 0.29) is 12.5 Å². The highest BCUT2D eigenvalue weighted by molar-refractivity contribution is 6.35. The van der Waals surface area contributed by atoms with E-state index in [4.69, 9.17) is 11.6 Å². The minimum Gasteiger partial charge on any atom is -0.328 e. The average Bonchev–Trinajstić information content (AvgIpc) is 2.62. The number of hydrogen-bond donors (Lipinski definition) is 1. The molecule has 0 spiro atoms. The largest absolute Gasteiger partial charge is 0.328 e. The van der Waals surface area contributed by atoms with Crippen molar-refractivity contribution in [2.75, 3.05) is 25.0 Å². The van der Waals surface area contributed by atoms with Gasteiger partial charge in [0.1, 0.15) is 6.54 Å². The summed E-state index contributed by atoms with van der Waals surface area (Å²) in [6.07, 6.45) is 0. The van der Waals surface area contributed by atoms with Gasteiger partial charge >= 0.3 is 11.8 Å². The second-order valence-electron chi connectivity index (χ2n) is 7.00. The molecule has 0 radical (unpaired) electrons. The van der Waals surface area contributed by atoms with Crippen LogP contribution in [0.5, 0.6) is 0 Å². The van der Waals surface area contributed by atoms with E-state index in [0.717, 1.165) is 16.7 Å². The highest BCUT2D eigenvalue weighted by atomic mass is 35.5. The molecule has 1 N–H and O–H groups in total. The Kier molecular flexibility index (Phi) is 5.99. The molecule has 1 heterocycles. The SMILES string of the molecule is Cc1cc(C)cc(NC(=O)CN2CCN(Cc3ccc(Cl)cc3)C(=O)C2=O)c1. The van der Waals surface area contributed by atoms with Gasteiger partial charge in [0.15, 0.2) is 0 Å². The number of hydrogen-bond acceptors (Lipinski definition) is 3. The Morgan fingerprint density at radius 3 is 2.18 bits per heavy atom. The van der Waals surface area contributed by atoms with Gasteiger partial charge in [0.05, 0.1) is 0 Å². The van der Waals surface area contributed by atoms with Crippen molar-refractivity contribution in [2.24, 2.45) is 0 Å². The second-order valence-corrected chi connectivity index (χ2v) is 7.44. The molecule has 1 aliphatic rings. The summed E-state index contributed by atoms with van der Waals surface area (Å²) in [5.74, 6) is -1.58. The Hall–Kier alpha value is -2.86. The molecule has 7 heteroatoms. The molecule has 3 amide bonds. The molecular formula is C21H22ClN3O3. The molecule has 1 aliphatic heterocycles. The van der Waals surface area contributed by atoms with Crippen molar-refractivity contribution < 1.29 is 14.4 Å². The van der Waals surface area contributed by atoms with E-state index in [2.05, 4.69) is 5.32 Å². The number of nitrogens with zero attached hydrogens (tertiary/aromatic N) is 2. The van der Waals surface area contributed by atoms with Crippen LogP contribution in [-0.2, 0) is 20.9 Å². The zero-order chi connectivity index (χ0) is 20.3. The Morgan fingerprint density at radius 2 is 1.54 bits per heavy atom. The van der Waals surface area contributed by atoms with Gasteiger partial charge in [-0.15, -0.1) is 0 Å². The van der Waals surface area contributed by atoms with E-state index in [0.29, 0.717) is 30.3 Å². The van der Waals surface area contributed by atoms with Crippen molar-refractivity contribution in [2.45, 2.75) is 20.4 Å². The fourth-order valence-electron chi connectivity index (χ4n) is 3.25. The lowest BCUT2D eigenvalue weighted by molar-refractivity contribution is -0.157. The standard InChI is InChI=1S/C21H22ClN3O3/c1-14-9-15(2)11-18(10-14)23-19(26)13-25-8-7-24(20(27)21(25)28)12-16-3-5-17(22)6-4-16/h3-6,9-11H,7-8,12-13H2,1-2H3,(H,23,26). The average molecular weight is 400 g/mol. The van der Waals surface area contributed by atoms with Crippen LogP contribution < -0.4 is 5.32 Å². The zero-order valence-corrected chi connectivity index (χ0v) is 16.6. The maximum absolute atomic E-state index is 12.4. The van der Waals surface area contributed by atoms with Crippen LogP contribution >= 0.6 is 11.6 Å². The third kappa shape index (κ3) is 4.89. The molecule has 146 valence electrons. The molecule has 0 saturated carbocycles. The molecule has 28 heavy (non-hydrogen) atoms. The first-order valence-electron chi connectivity index (χ1n) is 9.02. The topological polar surface area (TPSA) is 69.7 Å². The predicted octanol–water partition coefficient (Wildman–Crippen LogP) is 2.77. The van der Waals surface area contributed by atoms with Gasteiger partial charge in [0, 0.05) is 30.3 Å². The van der Waals surface area contributed by atoms with E-state index < -0.39 is 11.8 Å². The fraction of sp³-hybridized carbons (Fsp3) is 0.286. The first-order chi connectivity index (χ1) is 13.3. The highest BCUT2D eigenvalue weighted by Crippen LogP contribution is 2.16. The van der Waals surface area contributed by atoms with Gasteiger partial charge in [-0.05, 0) is 54.8 Å². The van der Waals surface area contributed by atoms with Gasteiger partial charge in [-0.3, -0.25) is 14.4 Å². The third-order valence-electron chi connectivity index (χ3n) is 4.52. The van der Waals surface area contributed by atoms with Gasteiger partial charge in [0.25, 0.3) is 0 Å². The summed E-state index contributed by atoms with van der Waals surface area (Å²) in [5.41, 5.74) is 3.66. The molecule has 6 nitrogen and oxygen atoms in total. The molecule has 3 rings (SSSR count). The molecule has 0 atom stereocenters. The maximum atomic E-state index is 12.4. The fourth-order valence-corrected chi connectivity index (χ4v) is 3.37. The normalized spacial score (nSPS) is 14.4. The number of amides is 3. The predicted molar refractivity (Wildman–Crippen MR) is 108 cm³/mol. The number of carbonyl (C=O) groups excluding carboxylic acids is 3. The number of aryl methyl sites for hydroxylation is 2. The van der Waals surface area contributed by atoms with Crippen LogP contribution in [0, 0.1) is 13.8 Å². The summed E-state index contributed by atoms with van der Waals surface area (Å²) in [4.78, 5) is 39.9. The Balaban J connectivity index is 1.58. The van der Waals surface area contributed by atoms with Crippen molar-refractivity contribution in [1.82, 2.24) is 9.80 Å². The number of halogens is 1. The van der Waals surface area contributed by atoms with Crippen LogP contribution in [0.15, 0.2) is 42.5 Å². The van der Waals surface area contributed by atoms with E-state index in [1.54, 1.807) is 12.1 Å². The van der Waals surface area contributed by atoms with Gasteiger partial charge in [-0.2, -0.15) is 0 Å². The summed E-state index contributed by atoms with van der Waals surface area (Å²) in [7, 11) is 0. The molecule has 2 aromatic rings. The van der Waals surface area contributed by atoms with E-state index >= 15 is 0 Å². The smallest absolute Gasteiger partial charge is 0.312 e. The highest BCUT2D eigenvalue weighted by Gasteiger charge is 2.33. The number of benzene rings is 2. The summed E-state index contributed by atoms with van der Waals surface area (Å²) >= 11 is 5.87. The van der Waals surface area contributed by atoms with Crippen LogP contribution in [0.1, 0.15) is 16.7 Å². The first kappa shape index (κ1) is 19.9. The summed E-state index contributed by atoms with van der Waals surface area (Å²) in [6, 6.07) is 12.9. The number of carbonyl (C=O) groups is 3. The molecule has 0 bridgehead atoms. The lowest BCUT2D eigenvalue weighted by atomic mass is 10.1. The van der Waals surface area contributed by atoms with E-state index in [1.165, 1.54) is 9.80 Å². The molecule has 2 aromatic carbocycles.